The monoisotopic (exact) mass is 304 g/mol. The first-order valence-corrected chi connectivity index (χ1v) is 6.10. The van der Waals surface area contributed by atoms with E-state index < -0.39 is 0 Å². The van der Waals surface area contributed by atoms with Crippen LogP contribution in [0.25, 0.3) is 0 Å². The van der Waals surface area contributed by atoms with Gasteiger partial charge in [0, 0.05) is 14.2 Å². The van der Waals surface area contributed by atoms with Crippen molar-refractivity contribution in [3.8, 4) is 0 Å². The lowest BCUT2D eigenvalue weighted by Crippen LogP contribution is -2.21. The quantitative estimate of drug-likeness (QED) is 0.904. The van der Waals surface area contributed by atoms with Crippen LogP contribution < -0.4 is 5.56 Å². The Kier molecular flexibility index (Phi) is 5.30. The van der Waals surface area contributed by atoms with Crippen molar-refractivity contribution < 1.29 is 9.47 Å². The van der Waals surface area contributed by atoms with Crippen molar-refractivity contribution in [2.75, 3.05) is 14.2 Å². The van der Waals surface area contributed by atoms with E-state index in [0.29, 0.717) is 16.0 Å². The Balaban J connectivity index is 3.21. The van der Waals surface area contributed by atoms with Crippen molar-refractivity contribution in [3.05, 3.63) is 26.3 Å². The van der Waals surface area contributed by atoms with Crippen molar-refractivity contribution in [3.63, 3.8) is 0 Å². The first-order chi connectivity index (χ1) is 8.01. The lowest BCUT2D eigenvalue weighted by molar-refractivity contribution is 0.0565. The van der Waals surface area contributed by atoms with Gasteiger partial charge < -0.3 is 14.5 Å². The number of hydrogen-bond acceptors (Lipinski definition) is 4. The Labute approximate surface area is 109 Å². The molecule has 17 heavy (non-hydrogen) atoms. The number of methoxy groups -OCH3 is 2. The Morgan fingerprint density at radius 2 is 2.06 bits per heavy atom. The van der Waals surface area contributed by atoms with Crippen LogP contribution in [0, 0.1) is 5.92 Å². The molecule has 0 fully saturated rings. The minimum Gasteiger partial charge on any atom is -0.378 e. The van der Waals surface area contributed by atoms with Gasteiger partial charge in [0.15, 0.2) is 0 Å². The van der Waals surface area contributed by atoms with Crippen LogP contribution in [0.15, 0.2) is 9.27 Å². The summed E-state index contributed by atoms with van der Waals surface area (Å²) in [5.41, 5.74) is 0.360. The molecule has 0 aromatic carbocycles. The highest BCUT2D eigenvalue weighted by molar-refractivity contribution is 9.10. The third-order valence-electron chi connectivity index (χ3n) is 2.36. The van der Waals surface area contributed by atoms with Crippen molar-refractivity contribution in [1.29, 1.82) is 0 Å². The topological polar surface area (TPSA) is 64.2 Å². The maximum Gasteiger partial charge on any atom is 0.265 e. The number of halogens is 1. The van der Waals surface area contributed by atoms with Gasteiger partial charge in [-0.25, -0.2) is 4.98 Å². The summed E-state index contributed by atoms with van der Waals surface area (Å²) >= 11 is 3.20. The number of aromatic nitrogens is 2. The molecular formula is C11H17BrN2O3. The van der Waals surface area contributed by atoms with Crippen molar-refractivity contribution in [2.24, 2.45) is 5.92 Å². The molecule has 0 spiro atoms. The van der Waals surface area contributed by atoms with Crippen LogP contribution in [-0.2, 0) is 16.1 Å². The maximum atomic E-state index is 11.7. The molecule has 6 heteroatoms. The van der Waals surface area contributed by atoms with E-state index in [1.54, 1.807) is 14.2 Å². The Hall–Kier alpha value is -0.720. The van der Waals surface area contributed by atoms with Gasteiger partial charge in [0.25, 0.3) is 5.56 Å². The maximum absolute atomic E-state index is 11.7. The lowest BCUT2D eigenvalue weighted by Gasteiger charge is -2.18. The summed E-state index contributed by atoms with van der Waals surface area (Å²) in [6.07, 6.45) is -0.230. The first-order valence-electron chi connectivity index (χ1n) is 5.31. The molecule has 1 aromatic heterocycles. The van der Waals surface area contributed by atoms with Gasteiger partial charge in [-0.2, -0.15) is 0 Å². The van der Waals surface area contributed by atoms with Crippen LogP contribution in [0.5, 0.6) is 0 Å². The summed E-state index contributed by atoms with van der Waals surface area (Å²) in [7, 11) is 3.16. The SMILES string of the molecule is COCc1nc(C(OC)C(C)C)[nH]c(=O)c1Br. The second-order valence-electron chi connectivity index (χ2n) is 4.05. The number of H-pyrrole nitrogens is 1. The van der Waals surface area contributed by atoms with E-state index >= 15 is 0 Å². The van der Waals surface area contributed by atoms with Crippen molar-refractivity contribution in [1.82, 2.24) is 9.97 Å². The zero-order valence-corrected chi connectivity index (χ0v) is 12.0. The highest BCUT2D eigenvalue weighted by Crippen LogP contribution is 2.22. The van der Waals surface area contributed by atoms with Crippen molar-refractivity contribution >= 4 is 15.9 Å². The molecule has 0 saturated heterocycles. The van der Waals surface area contributed by atoms with E-state index in [4.69, 9.17) is 9.47 Å². The van der Waals surface area contributed by atoms with E-state index in [-0.39, 0.29) is 24.2 Å². The predicted molar refractivity (Wildman–Crippen MR) is 67.9 cm³/mol. The van der Waals surface area contributed by atoms with E-state index in [9.17, 15) is 4.79 Å². The number of hydrogen-bond donors (Lipinski definition) is 1. The predicted octanol–water partition coefficient (Wildman–Crippen LogP) is 2.02. The number of nitrogens with zero attached hydrogens (tertiary/aromatic N) is 1. The summed E-state index contributed by atoms with van der Waals surface area (Å²) < 4.78 is 10.7. The van der Waals surface area contributed by atoms with Crippen LogP contribution in [-0.4, -0.2) is 24.2 Å². The molecular weight excluding hydrogens is 288 g/mol. The fourth-order valence-corrected chi connectivity index (χ4v) is 1.89. The van der Waals surface area contributed by atoms with Gasteiger partial charge >= 0.3 is 0 Å². The highest BCUT2D eigenvalue weighted by atomic mass is 79.9. The molecule has 1 aromatic rings. The molecule has 1 heterocycles. The van der Waals surface area contributed by atoms with E-state index in [0.717, 1.165) is 0 Å². The highest BCUT2D eigenvalue weighted by Gasteiger charge is 2.20. The van der Waals surface area contributed by atoms with Gasteiger partial charge in [0.05, 0.1) is 12.3 Å². The van der Waals surface area contributed by atoms with E-state index in [1.807, 2.05) is 13.8 Å². The molecule has 1 N–H and O–H groups in total. The summed E-state index contributed by atoms with van der Waals surface area (Å²) in [4.78, 5) is 18.8. The van der Waals surface area contributed by atoms with Crippen LogP contribution in [0.4, 0.5) is 0 Å². The fraction of sp³-hybridized carbons (Fsp3) is 0.636. The molecule has 0 aliphatic carbocycles. The zero-order valence-electron chi connectivity index (χ0n) is 10.4. The second kappa shape index (κ2) is 6.28. The molecule has 1 rings (SSSR count). The van der Waals surface area contributed by atoms with Crippen molar-refractivity contribution in [2.45, 2.75) is 26.6 Å². The molecule has 0 aliphatic heterocycles. The van der Waals surface area contributed by atoms with Gasteiger partial charge in [0.1, 0.15) is 16.4 Å². The van der Waals surface area contributed by atoms with Crippen LogP contribution in [0.1, 0.15) is 31.5 Å². The first kappa shape index (κ1) is 14.3. The molecule has 5 nitrogen and oxygen atoms in total. The molecule has 0 bridgehead atoms. The van der Waals surface area contributed by atoms with Gasteiger partial charge in [-0.3, -0.25) is 4.79 Å². The summed E-state index contributed by atoms with van der Waals surface area (Å²) in [5, 5.41) is 0. The minimum atomic E-state index is -0.230. The summed E-state index contributed by atoms with van der Waals surface area (Å²) in [6, 6.07) is 0. The Morgan fingerprint density at radius 3 is 2.53 bits per heavy atom. The van der Waals surface area contributed by atoms with Gasteiger partial charge in [-0.1, -0.05) is 13.8 Å². The molecule has 1 atom stereocenters. The number of aromatic amines is 1. The minimum absolute atomic E-state index is 0.218. The van der Waals surface area contributed by atoms with E-state index in [2.05, 4.69) is 25.9 Å². The average molecular weight is 305 g/mol. The summed E-state index contributed by atoms with van der Waals surface area (Å²) in [5.74, 6) is 0.752. The van der Waals surface area contributed by atoms with Gasteiger partial charge in [-0.15, -0.1) is 0 Å². The smallest absolute Gasteiger partial charge is 0.265 e. The molecule has 0 radical (unpaired) electrons. The van der Waals surface area contributed by atoms with Gasteiger partial charge in [-0.05, 0) is 21.8 Å². The molecule has 0 aliphatic rings. The molecule has 1 unspecified atom stereocenters. The Bertz CT molecular complexity index is 431. The standard InChI is InChI=1S/C11H17BrN2O3/c1-6(2)9(17-4)10-13-7(5-16-3)8(12)11(15)14-10/h6,9H,5H2,1-4H3,(H,13,14,15). The molecule has 0 saturated carbocycles. The normalized spacial score (nSPS) is 13.1. The zero-order chi connectivity index (χ0) is 13.0. The third-order valence-corrected chi connectivity index (χ3v) is 3.18. The largest absolute Gasteiger partial charge is 0.378 e. The van der Waals surface area contributed by atoms with Gasteiger partial charge in [0.2, 0.25) is 0 Å². The number of rotatable bonds is 5. The number of ether oxygens (including phenoxy) is 2. The molecule has 0 amide bonds. The Morgan fingerprint density at radius 1 is 1.41 bits per heavy atom. The average Bonchev–Trinajstić information content (AvgIpc) is 2.26. The second-order valence-corrected chi connectivity index (χ2v) is 4.84. The lowest BCUT2D eigenvalue weighted by atomic mass is 10.1. The molecule has 96 valence electrons. The van der Waals surface area contributed by atoms with Crippen LogP contribution in [0.3, 0.4) is 0 Å². The van der Waals surface area contributed by atoms with Crippen LogP contribution in [0.2, 0.25) is 0 Å². The van der Waals surface area contributed by atoms with E-state index in [1.165, 1.54) is 0 Å². The summed E-state index contributed by atoms with van der Waals surface area (Å²) in [6.45, 7) is 4.30. The fourth-order valence-electron chi connectivity index (χ4n) is 1.59. The third kappa shape index (κ3) is 3.37. The van der Waals surface area contributed by atoms with Crippen LogP contribution >= 0.6 is 15.9 Å². The number of nitrogens with one attached hydrogen (secondary N) is 1.